The van der Waals surface area contributed by atoms with E-state index in [0.29, 0.717) is 12.1 Å². The summed E-state index contributed by atoms with van der Waals surface area (Å²) in [5, 5.41) is 3.48. The van der Waals surface area contributed by atoms with Gasteiger partial charge >= 0.3 is 0 Å². The summed E-state index contributed by atoms with van der Waals surface area (Å²) in [5.74, 6) is 0. The van der Waals surface area contributed by atoms with Crippen molar-refractivity contribution >= 4 is 22.9 Å². The van der Waals surface area contributed by atoms with Gasteiger partial charge < -0.3 is 5.32 Å². The lowest BCUT2D eigenvalue weighted by Crippen LogP contribution is -2.27. The highest BCUT2D eigenvalue weighted by atomic mass is 35.5. The van der Waals surface area contributed by atoms with Gasteiger partial charge in [0.1, 0.15) is 0 Å². The fourth-order valence-electron chi connectivity index (χ4n) is 1.30. The maximum atomic E-state index is 5.90. The third-order valence-electron chi connectivity index (χ3n) is 2.16. The molecule has 0 radical (unpaired) electrons. The fourth-order valence-corrected chi connectivity index (χ4v) is 2.51. The molecule has 0 aromatic carbocycles. The zero-order chi connectivity index (χ0) is 10.6. The predicted octanol–water partition coefficient (Wildman–Crippen LogP) is 4.02. The molecule has 1 nitrogen and oxygen atoms in total. The zero-order valence-electron chi connectivity index (χ0n) is 8.59. The van der Waals surface area contributed by atoms with Gasteiger partial charge in [-0.2, -0.15) is 0 Å². The van der Waals surface area contributed by atoms with Gasteiger partial charge in [0, 0.05) is 17.0 Å². The summed E-state index contributed by atoms with van der Waals surface area (Å²) in [6.45, 7) is 8.03. The molecule has 0 amide bonds. The fraction of sp³-hybridized carbons (Fsp3) is 0.455. The van der Waals surface area contributed by atoms with E-state index < -0.39 is 0 Å². The number of hydrogen-bond acceptors (Lipinski definition) is 2. The van der Waals surface area contributed by atoms with Crippen molar-refractivity contribution in [1.82, 2.24) is 5.32 Å². The van der Waals surface area contributed by atoms with Crippen molar-refractivity contribution in [2.45, 2.75) is 32.4 Å². The number of halogens is 1. The SMILES string of the molecule is C=CC(C)NC(CC)c1ccc(Cl)s1. The molecule has 0 bridgehead atoms. The maximum Gasteiger partial charge on any atom is 0.0931 e. The Morgan fingerprint density at radius 2 is 2.36 bits per heavy atom. The van der Waals surface area contributed by atoms with Crippen LogP contribution in [0.5, 0.6) is 0 Å². The van der Waals surface area contributed by atoms with E-state index >= 15 is 0 Å². The molecule has 0 saturated heterocycles. The van der Waals surface area contributed by atoms with Gasteiger partial charge in [0.05, 0.1) is 4.34 Å². The van der Waals surface area contributed by atoms with Gasteiger partial charge in [0.15, 0.2) is 0 Å². The summed E-state index contributed by atoms with van der Waals surface area (Å²) >= 11 is 7.54. The largest absolute Gasteiger partial charge is 0.303 e. The van der Waals surface area contributed by atoms with E-state index in [-0.39, 0.29) is 0 Å². The highest BCUT2D eigenvalue weighted by Crippen LogP contribution is 2.28. The van der Waals surface area contributed by atoms with E-state index in [1.54, 1.807) is 11.3 Å². The molecule has 1 aromatic heterocycles. The van der Waals surface area contributed by atoms with Crippen LogP contribution in [0.25, 0.3) is 0 Å². The van der Waals surface area contributed by atoms with Crippen LogP contribution < -0.4 is 5.32 Å². The van der Waals surface area contributed by atoms with E-state index in [1.807, 2.05) is 12.1 Å². The second kappa shape index (κ2) is 5.54. The van der Waals surface area contributed by atoms with Crippen LogP contribution in [-0.4, -0.2) is 6.04 Å². The van der Waals surface area contributed by atoms with Crippen LogP contribution in [0.1, 0.15) is 31.2 Å². The number of rotatable bonds is 5. The molecular weight excluding hydrogens is 214 g/mol. The standard InChI is InChI=1S/C11H16ClNS/c1-4-8(3)13-9(5-2)10-6-7-11(12)14-10/h4,6-9,13H,1,5H2,2-3H3. The van der Waals surface area contributed by atoms with E-state index in [4.69, 9.17) is 11.6 Å². The minimum atomic E-state index is 0.334. The molecule has 0 aliphatic rings. The van der Waals surface area contributed by atoms with Gasteiger partial charge in [0.2, 0.25) is 0 Å². The Hall–Kier alpha value is -0.310. The Morgan fingerprint density at radius 1 is 1.64 bits per heavy atom. The van der Waals surface area contributed by atoms with E-state index in [2.05, 4.69) is 31.8 Å². The van der Waals surface area contributed by atoms with Crippen molar-refractivity contribution in [2.24, 2.45) is 0 Å². The lowest BCUT2D eigenvalue weighted by Gasteiger charge is -2.18. The first kappa shape index (κ1) is 11.8. The lowest BCUT2D eigenvalue weighted by atomic mass is 10.1. The Balaban J connectivity index is 2.67. The highest BCUT2D eigenvalue weighted by molar-refractivity contribution is 7.16. The van der Waals surface area contributed by atoms with Crippen molar-refractivity contribution in [3.8, 4) is 0 Å². The van der Waals surface area contributed by atoms with Crippen molar-refractivity contribution in [3.05, 3.63) is 34.0 Å². The normalized spacial score (nSPS) is 15.1. The molecule has 1 rings (SSSR count). The first-order chi connectivity index (χ1) is 6.67. The third-order valence-corrected chi connectivity index (χ3v) is 3.51. The van der Waals surface area contributed by atoms with Gasteiger partial charge in [0.25, 0.3) is 0 Å². The Labute approximate surface area is 94.8 Å². The molecule has 2 unspecified atom stereocenters. The Morgan fingerprint density at radius 3 is 2.79 bits per heavy atom. The molecule has 3 heteroatoms. The summed E-state index contributed by atoms with van der Waals surface area (Å²) in [4.78, 5) is 1.30. The summed E-state index contributed by atoms with van der Waals surface area (Å²) in [6, 6.07) is 4.76. The van der Waals surface area contributed by atoms with E-state index in [1.165, 1.54) is 4.88 Å². The van der Waals surface area contributed by atoms with Crippen LogP contribution in [-0.2, 0) is 0 Å². The summed E-state index contributed by atoms with van der Waals surface area (Å²) in [7, 11) is 0. The number of hydrogen-bond donors (Lipinski definition) is 1. The van der Waals surface area contributed by atoms with Crippen LogP contribution in [0.15, 0.2) is 24.8 Å². The summed E-state index contributed by atoms with van der Waals surface area (Å²) < 4.78 is 0.853. The van der Waals surface area contributed by atoms with Crippen LogP contribution in [0.4, 0.5) is 0 Å². The number of thiophene rings is 1. The minimum absolute atomic E-state index is 0.334. The van der Waals surface area contributed by atoms with E-state index in [9.17, 15) is 0 Å². The first-order valence-electron chi connectivity index (χ1n) is 4.81. The maximum absolute atomic E-state index is 5.90. The van der Waals surface area contributed by atoms with Gasteiger partial charge in [-0.1, -0.05) is 24.6 Å². The average Bonchev–Trinajstić information content (AvgIpc) is 2.60. The quantitative estimate of drug-likeness (QED) is 0.753. The second-order valence-electron chi connectivity index (χ2n) is 3.29. The zero-order valence-corrected chi connectivity index (χ0v) is 10.2. The molecule has 1 aromatic rings. The van der Waals surface area contributed by atoms with Crippen LogP contribution >= 0.6 is 22.9 Å². The number of nitrogens with one attached hydrogen (secondary N) is 1. The molecule has 1 N–H and O–H groups in total. The molecule has 0 spiro atoms. The van der Waals surface area contributed by atoms with Crippen molar-refractivity contribution in [3.63, 3.8) is 0 Å². The first-order valence-corrected chi connectivity index (χ1v) is 6.00. The molecule has 0 saturated carbocycles. The minimum Gasteiger partial charge on any atom is -0.303 e. The monoisotopic (exact) mass is 229 g/mol. The summed E-state index contributed by atoms with van der Waals surface area (Å²) in [6.07, 6.45) is 2.98. The van der Waals surface area contributed by atoms with Crippen LogP contribution in [0.2, 0.25) is 4.34 Å². The molecule has 0 aliphatic heterocycles. The van der Waals surface area contributed by atoms with Crippen LogP contribution in [0, 0.1) is 0 Å². The van der Waals surface area contributed by atoms with Gasteiger partial charge in [-0.05, 0) is 25.5 Å². The topological polar surface area (TPSA) is 12.0 Å². The molecule has 2 atom stereocenters. The van der Waals surface area contributed by atoms with Gasteiger partial charge in [-0.25, -0.2) is 0 Å². The van der Waals surface area contributed by atoms with Crippen LogP contribution in [0.3, 0.4) is 0 Å². The molecule has 78 valence electrons. The lowest BCUT2D eigenvalue weighted by molar-refractivity contribution is 0.497. The van der Waals surface area contributed by atoms with Crippen molar-refractivity contribution in [2.75, 3.05) is 0 Å². The Kier molecular flexibility index (Phi) is 4.66. The van der Waals surface area contributed by atoms with Crippen molar-refractivity contribution in [1.29, 1.82) is 0 Å². The average molecular weight is 230 g/mol. The summed E-state index contributed by atoms with van der Waals surface area (Å²) in [5.41, 5.74) is 0. The molecular formula is C11H16ClNS. The molecule has 0 fully saturated rings. The third kappa shape index (κ3) is 3.12. The molecule has 0 aliphatic carbocycles. The Bertz CT molecular complexity index is 295. The molecule has 14 heavy (non-hydrogen) atoms. The smallest absolute Gasteiger partial charge is 0.0931 e. The predicted molar refractivity (Wildman–Crippen MR) is 65.2 cm³/mol. The van der Waals surface area contributed by atoms with Gasteiger partial charge in [-0.15, -0.1) is 17.9 Å². The molecule has 1 heterocycles. The van der Waals surface area contributed by atoms with E-state index in [0.717, 1.165) is 10.8 Å². The van der Waals surface area contributed by atoms with Crippen molar-refractivity contribution < 1.29 is 0 Å². The van der Waals surface area contributed by atoms with Gasteiger partial charge in [-0.3, -0.25) is 0 Å². The second-order valence-corrected chi connectivity index (χ2v) is 5.04. The highest BCUT2D eigenvalue weighted by Gasteiger charge is 2.12.